The molecule has 1 fully saturated rings. The lowest BCUT2D eigenvalue weighted by atomic mass is 10.1. The van der Waals surface area contributed by atoms with Gasteiger partial charge in [0, 0.05) is 38.7 Å². The van der Waals surface area contributed by atoms with Crippen molar-refractivity contribution in [1.29, 1.82) is 0 Å². The molecule has 1 unspecified atom stereocenters. The summed E-state index contributed by atoms with van der Waals surface area (Å²) in [5.74, 6) is 0.623. The second kappa shape index (κ2) is 7.30. The molecule has 1 aromatic rings. The van der Waals surface area contributed by atoms with Gasteiger partial charge in [-0.05, 0) is 24.1 Å². The van der Waals surface area contributed by atoms with Crippen LogP contribution < -0.4 is 10.2 Å². The van der Waals surface area contributed by atoms with Crippen molar-refractivity contribution in [2.75, 3.05) is 31.7 Å². The van der Waals surface area contributed by atoms with Gasteiger partial charge in [-0.3, -0.25) is 0 Å². The molecule has 3 nitrogen and oxygen atoms in total. The molecule has 1 aromatic carbocycles. The average molecular weight is 297 g/mol. The van der Waals surface area contributed by atoms with Gasteiger partial charge in [0.05, 0.1) is 17.3 Å². The van der Waals surface area contributed by atoms with E-state index >= 15 is 0 Å². The molecule has 1 aliphatic rings. The largest absolute Gasteiger partial charge is 0.384 e. The van der Waals surface area contributed by atoms with Gasteiger partial charge in [0.15, 0.2) is 0 Å². The van der Waals surface area contributed by atoms with Gasteiger partial charge >= 0.3 is 0 Å². The van der Waals surface area contributed by atoms with Gasteiger partial charge in [-0.2, -0.15) is 0 Å². The lowest BCUT2D eigenvalue weighted by Gasteiger charge is -2.21. The van der Waals surface area contributed by atoms with Crippen molar-refractivity contribution in [2.45, 2.75) is 32.9 Å². The molecule has 0 aliphatic carbocycles. The van der Waals surface area contributed by atoms with Crippen molar-refractivity contribution >= 4 is 17.3 Å². The fourth-order valence-electron chi connectivity index (χ4n) is 2.66. The minimum absolute atomic E-state index is 0.488. The van der Waals surface area contributed by atoms with Crippen LogP contribution in [0.3, 0.4) is 0 Å². The molecule has 0 saturated carbocycles. The number of methoxy groups -OCH3 is 1. The van der Waals surface area contributed by atoms with E-state index in [0.717, 1.165) is 37.0 Å². The maximum absolute atomic E-state index is 6.45. The molecule has 112 valence electrons. The van der Waals surface area contributed by atoms with Gasteiger partial charge in [0.2, 0.25) is 0 Å². The molecule has 0 radical (unpaired) electrons. The van der Waals surface area contributed by atoms with Crippen LogP contribution in [-0.2, 0) is 11.3 Å². The fourth-order valence-corrected chi connectivity index (χ4v) is 2.98. The highest BCUT2D eigenvalue weighted by molar-refractivity contribution is 6.33. The maximum atomic E-state index is 6.45. The summed E-state index contributed by atoms with van der Waals surface area (Å²) in [7, 11) is 1.77. The number of hydrogen-bond donors (Lipinski definition) is 1. The van der Waals surface area contributed by atoms with Gasteiger partial charge in [-0.1, -0.05) is 31.5 Å². The monoisotopic (exact) mass is 296 g/mol. The summed E-state index contributed by atoms with van der Waals surface area (Å²) in [6.07, 6.45) is 1.18. The lowest BCUT2D eigenvalue weighted by Crippen LogP contribution is -2.23. The third kappa shape index (κ3) is 4.11. The summed E-state index contributed by atoms with van der Waals surface area (Å²) in [6.45, 7) is 8.11. The van der Waals surface area contributed by atoms with Crippen molar-refractivity contribution in [2.24, 2.45) is 5.92 Å². The predicted molar refractivity (Wildman–Crippen MR) is 85.6 cm³/mol. The number of nitrogens with one attached hydrogen (secondary N) is 1. The second-order valence-electron chi connectivity index (χ2n) is 5.88. The van der Waals surface area contributed by atoms with Crippen molar-refractivity contribution < 1.29 is 4.74 Å². The smallest absolute Gasteiger partial charge is 0.0642 e. The van der Waals surface area contributed by atoms with Crippen LogP contribution in [0.1, 0.15) is 25.8 Å². The zero-order chi connectivity index (χ0) is 14.5. The molecule has 1 N–H and O–H groups in total. The summed E-state index contributed by atoms with van der Waals surface area (Å²) in [4.78, 5) is 2.37. The van der Waals surface area contributed by atoms with E-state index in [1.165, 1.54) is 12.0 Å². The van der Waals surface area contributed by atoms with Crippen LogP contribution in [0.2, 0.25) is 5.02 Å². The minimum Gasteiger partial charge on any atom is -0.384 e. The Morgan fingerprint density at radius 1 is 1.45 bits per heavy atom. The zero-order valence-electron chi connectivity index (χ0n) is 12.7. The summed E-state index contributed by atoms with van der Waals surface area (Å²) in [5, 5.41) is 4.27. The predicted octanol–water partition coefficient (Wildman–Crippen LogP) is 3.31. The molecule has 1 atom stereocenters. The van der Waals surface area contributed by atoms with Crippen LogP contribution in [0.5, 0.6) is 0 Å². The van der Waals surface area contributed by atoms with Crippen molar-refractivity contribution in [3.8, 4) is 0 Å². The van der Waals surface area contributed by atoms with Crippen molar-refractivity contribution in [3.63, 3.8) is 0 Å². The van der Waals surface area contributed by atoms with E-state index in [9.17, 15) is 0 Å². The molecule has 4 heteroatoms. The standard InChI is InChI=1S/C16H25ClN2O/c1-12(2)18-9-13-4-5-16(15(17)8-13)19-7-6-14(10-19)11-20-3/h4-5,8,12,14,18H,6-7,9-11H2,1-3H3. The number of halogens is 1. The summed E-state index contributed by atoms with van der Waals surface area (Å²) < 4.78 is 5.25. The molecule has 2 rings (SSSR count). The van der Waals surface area contributed by atoms with E-state index in [1.54, 1.807) is 7.11 Å². The van der Waals surface area contributed by atoms with Crippen LogP contribution in [0, 0.1) is 5.92 Å². The van der Waals surface area contributed by atoms with Crippen LogP contribution in [0.25, 0.3) is 0 Å². The number of nitrogens with zero attached hydrogens (tertiary/aromatic N) is 1. The van der Waals surface area contributed by atoms with Gasteiger partial charge in [-0.25, -0.2) is 0 Å². The van der Waals surface area contributed by atoms with Crippen LogP contribution in [0.4, 0.5) is 5.69 Å². The van der Waals surface area contributed by atoms with Gasteiger partial charge in [-0.15, -0.1) is 0 Å². The van der Waals surface area contributed by atoms with E-state index in [-0.39, 0.29) is 0 Å². The lowest BCUT2D eigenvalue weighted by molar-refractivity contribution is 0.161. The Bertz CT molecular complexity index is 436. The van der Waals surface area contributed by atoms with E-state index < -0.39 is 0 Å². The molecule has 1 aliphatic heterocycles. The summed E-state index contributed by atoms with van der Waals surface area (Å²) in [5.41, 5.74) is 2.39. The zero-order valence-corrected chi connectivity index (χ0v) is 13.4. The Hall–Kier alpha value is -0.770. The third-order valence-corrected chi connectivity index (χ3v) is 4.06. The number of rotatable bonds is 6. The third-order valence-electron chi connectivity index (χ3n) is 3.76. The molecule has 1 heterocycles. The highest BCUT2D eigenvalue weighted by Crippen LogP contribution is 2.31. The molecule has 1 saturated heterocycles. The average Bonchev–Trinajstić information content (AvgIpc) is 2.85. The number of benzene rings is 1. The molecule has 0 spiro atoms. The normalized spacial score (nSPS) is 19.1. The quantitative estimate of drug-likeness (QED) is 0.871. The van der Waals surface area contributed by atoms with E-state index in [1.807, 2.05) is 0 Å². The first-order valence-corrected chi connectivity index (χ1v) is 7.73. The Kier molecular flexibility index (Phi) is 5.70. The van der Waals surface area contributed by atoms with Crippen molar-refractivity contribution in [3.05, 3.63) is 28.8 Å². The van der Waals surface area contributed by atoms with Crippen LogP contribution in [0.15, 0.2) is 18.2 Å². The Labute approximate surface area is 127 Å². The second-order valence-corrected chi connectivity index (χ2v) is 6.28. The highest BCUT2D eigenvalue weighted by Gasteiger charge is 2.23. The van der Waals surface area contributed by atoms with Crippen molar-refractivity contribution in [1.82, 2.24) is 5.32 Å². The summed E-state index contributed by atoms with van der Waals surface area (Å²) >= 11 is 6.45. The first-order chi connectivity index (χ1) is 9.60. The van der Waals surface area contributed by atoms with E-state index in [0.29, 0.717) is 12.0 Å². The molecule has 0 amide bonds. The number of ether oxygens (including phenoxy) is 1. The number of hydrogen-bond acceptors (Lipinski definition) is 3. The minimum atomic E-state index is 0.488. The molecular weight excluding hydrogens is 272 g/mol. The van der Waals surface area contributed by atoms with Gasteiger partial charge < -0.3 is 15.0 Å². The highest BCUT2D eigenvalue weighted by atomic mass is 35.5. The number of anilines is 1. The van der Waals surface area contributed by atoms with Gasteiger partial charge in [0.25, 0.3) is 0 Å². The first-order valence-electron chi connectivity index (χ1n) is 7.36. The Morgan fingerprint density at radius 3 is 2.90 bits per heavy atom. The topological polar surface area (TPSA) is 24.5 Å². The van der Waals surface area contributed by atoms with E-state index in [2.05, 4.69) is 42.3 Å². The molecule has 20 heavy (non-hydrogen) atoms. The van der Waals surface area contributed by atoms with Crippen LogP contribution in [-0.4, -0.2) is 32.8 Å². The SMILES string of the molecule is COCC1CCN(c2ccc(CNC(C)C)cc2Cl)C1. The summed E-state index contributed by atoms with van der Waals surface area (Å²) in [6, 6.07) is 6.88. The Morgan fingerprint density at radius 2 is 2.25 bits per heavy atom. The van der Waals surface area contributed by atoms with Gasteiger partial charge in [0.1, 0.15) is 0 Å². The maximum Gasteiger partial charge on any atom is 0.0642 e. The van der Waals surface area contributed by atoms with E-state index in [4.69, 9.17) is 16.3 Å². The molecular formula is C16H25ClN2O. The molecule has 0 bridgehead atoms. The van der Waals surface area contributed by atoms with Crippen LogP contribution >= 0.6 is 11.6 Å². The Balaban J connectivity index is 1.99. The molecule has 0 aromatic heterocycles. The first kappa shape index (κ1) is 15.6. The fraction of sp³-hybridized carbons (Fsp3) is 0.625.